The number of hydrogen-bond donors (Lipinski definition) is 2. The van der Waals surface area contributed by atoms with Gasteiger partial charge in [0.25, 0.3) is 11.8 Å². The molecule has 0 aromatic heterocycles. The average Bonchev–Trinajstić information content (AvgIpc) is 2.71. The second-order valence-corrected chi connectivity index (χ2v) is 6.46. The molecule has 3 aromatic carbocycles. The van der Waals surface area contributed by atoms with Crippen LogP contribution in [0.1, 0.15) is 22.8 Å². The quantitative estimate of drug-likeness (QED) is 0.660. The van der Waals surface area contributed by atoms with Gasteiger partial charge in [-0.05, 0) is 62.4 Å². The summed E-state index contributed by atoms with van der Waals surface area (Å²) in [6.07, 6.45) is -0.674. The molecule has 0 spiro atoms. The molecule has 5 heteroatoms. The Morgan fingerprint density at radius 2 is 1.39 bits per heavy atom. The van der Waals surface area contributed by atoms with E-state index in [1.165, 1.54) is 0 Å². The van der Waals surface area contributed by atoms with Crippen LogP contribution in [0.25, 0.3) is 0 Å². The molecule has 1 unspecified atom stereocenters. The van der Waals surface area contributed by atoms with Gasteiger partial charge in [0, 0.05) is 16.9 Å². The third kappa shape index (κ3) is 5.20. The number of ether oxygens (including phenoxy) is 1. The van der Waals surface area contributed by atoms with Crippen molar-refractivity contribution >= 4 is 23.2 Å². The fourth-order valence-electron chi connectivity index (χ4n) is 2.55. The van der Waals surface area contributed by atoms with E-state index in [0.29, 0.717) is 17.0 Å². The lowest BCUT2D eigenvalue weighted by molar-refractivity contribution is -0.122. The Balaban J connectivity index is 1.56. The van der Waals surface area contributed by atoms with Crippen molar-refractivity contribution in [1.29, 1.82) is 0 Å². The number of anilines is 2. The van der Waals surface area contributed by atoms with Crippen molar-refractivity contribution in [3.63, 3.8) is 0 Å². The summed E-state index contributed by atoms with van der Waals surface area (Å²) in [6.45, 7) is 3.67. The highest BCUT2D eigenvalue weighted by Crippen LogP contribution is 2.17. The summed E-state index contributed by atoms with van der Waals surface area (Å²) in [5.74, 6) is 0.0697. The van der Waals surface area contributed by atoms with Gasteiger partial charge in [-0.3, -0.25) is 9.59 Å². The number of hydrogen-bond acceptors (Lipinski definition) is 3. The summed E-state index contributed by atoms with van der Waals surface area (Å²) in [6, 6.07) is 23.5. The van der Waals surface area contributed by atoms with Crippen LogP contribution in [0.4, 0.5) is 11.4 Å². The van der Waals surface area contributed by atoms with E-state index in [4.69, 9.17) is 4.74 Å². The summed E-state index contributed by atoms with van der Waals surface area (Å²) in [7, 11) is 0. The van der Waals surface area contributed by atoms with Crippen LogP contribution in [0.15, 0.2) is 78.9 Å². The van der Waals surface area contributed by atoms with Gasteiger partial charge in [0.1, 0.15) is 5.75 Å². The van der Waals surface area contributed by atoms with Gasteiger partial charge in [0.15, 0.2) is 6.10 Å². The summed E-state index contributed by atoms with van der Waals surface area (Å²) >= 11 is 0. The molecule has 0 aliphatic carbocycles. The predicted molar refractivity (Wildman–Crippen MR) is 111 cm³/mol. The molecule has 0 bridgehead atoms. The van der Waals surface area contributed by atoms with Crippen LogP contribution in [-0.2, 0) is 4.79 Å². The highest BCUT2D eigenvalue weighted by Gasteiger charge is 2.15. The minimum Gasteiger partial charge on any atom is -0.481 e. The number of rotatable bonds is 6. The molecule has 0 fully saturated rings. The number of aryl methyl sites for hydroxylation is 1. The lowest BCUT2D eigenvalue weighted by atomic mass is 10.2. The van der Waals surface area contributed by atoms with Gasteiger partial charge < -0.3 is 15.4 Å². The molecule has 142 valence electrons. The van der Waals surface area contributed by atoms with E-state index in [2.05, 4.69) is 10.6 Å². The van der Waals surface area contributed by atoms with E-state index < -0.39 is 6.10 Å². The molecule has 5 nitrogen and oxygen atoms in total. The van der Waals surface area contributed by atoms with Crippen LogP contribution >= 0.6 is 0 Å². The van der Waals surface area contributed by atoms with Crippen molar-refractivity contribution in [2.24, 2.45) is 0 Å². The first-order chi connectivity index (χ1) is 13.5. The Morgan fingerprint density at radius 3 is 2.04 bits per heavy atom. The van der Waals surface area contributed by atoms with Crippen LogP contribution in [0, 0.1) is 6.92 Å². The van der Waals surface area contributed by atoms with Crippen molar-refractivity contribution < 1.29 is 14.3 Å². The average molecular weight is 374 g/mol. The first-order valence-corrected chi connectivity index (χ1v) is 9.02. The predicted octanol–water partition coefficient (Wildman–Crippen LogP) is 4.65. The van der Waals surface area contributed by atoms with Gasteiger partial charge >= 0.3 is 0 Å². The Hall–Kier alpha value is -3.60. The minimum absolute atomic E-state index is 0.203. The molecule has 0 heterocycles. The maximum atomic E-state index is 12.3. The Bertz CT molecular complexity index is 936. The van der Waals surface area contributed by atoms with Crippen LogP contribution < -0.4 is 15.4 Å². The topological polar surface area (TPSA) is 67.4 Å². The standard InChI is InChI=1S/C23H22N2O3/c1-16-8-12-20(13-9-16)25-23(27)18-10-14-21(15-11-18)28-17(2)22(26)24-19-6-4-3-5-7-19/h3-15,17H,1-2H3,(H,24,26)(H,25,27). The highest BCUT2D eigenvalue weighted by molar-refractivity contribution is 6.04. The minimum atomic E-state index is -0.674. The lowest BCUT2D eigenvalue weighted by Crippen LogP contribution is -2.30. The van der Waals surface area contributed by atoms with Crippen molar-refractivity contribution in [3.8, 4) is 5.75 Å². The van der Waals surface area contributed by atoms with E-state index in [0.717, 1.165) is 11.3 Å². The van der Waals surface area contributed by atoms with E-state index in [1.807, 2.05) is 61.5 Å². The summed E-state index contributed by atoms with van der Waals surface area (Å²) in [4.78, 5) is 24.5. The Morgan fingerprint density at radius 1 is 0.786 bits per heavy atom. The number of carbonyl (C=O) groups excluding carboxylic acids is 2. The van der Waals surface area contributed by atoms with Crippen LogP contribution in [-0.4, -0.2) is 17.9 Å². The smallest absolute Gasteiger partial charge is 0.265 e. The third-order valence-electron chi connectivity index (χ3n) is 4.15. The van der Waals surface area contributed by atoms with Crippen LogP contribution in [0.5, 0.6) is 5.75 Å². The van der Waals surface area contributed by atoms with Gasteiger partial charge in [-0.15, -0.1) is 0 Å². The van der Waals surface area contributed by atoms with Crippen molar-refractivity contribution in [3.05, 3.63) is 90.0 Å². The third-order valence-corrected chi connectivity index (χ3v) is 4.15. The summed E-state index contributed by atoms with van der Waals surface area (Å²) in [5, 5.41) is 5.64. The Labute approximate surface area is 164 Å². The molecule has 3 rings (SSSR count). The first kappa shape index (κ1) is 19.2. The number of carbonyl (C=O) groups is 2. The fourth-order valence-corrected chi connectivity index (χ4v) is 2.55. The Kier molecular flexibility index (Phi) is 6.07. The van der Waals surface area contributed by atoms with E-state index in [9.17, 15) is 9.59 Å². The first-order valence-electron chi connectivity index (χ1n) is 9.02. The molecule has 0 radical (unpaired) electrons. The van der Waals surface area contributed by atoms with E-state index in [-0.39, 0.29) is 11.8 Å². The van der Waals surface area contributed by atoms with Crippen LogP contribution in [0.2, 0.25) is 0 Å². The zero-order chi connectivity index (χ0) is 19.9. The van der Waals surface area contributed by atoms with Gasteiger partial charge in [-0.1, -0.05) is 35.9 Å². The molecular weight excluding hydrogens is 352 g/mol. The molecule has 0 aliphatic heterocycles. The van der Waals surface area contributed by atoms with Gasteiger partial charge in [0.05, 0.1) is 0 Å². The molecule has 0 saturated carbocycles. The molecule has 2 amide bonds. The summed E-state index contributed by atoms with van der Waals surface area (Å²) < 4.78 is 5.67. The lowest BCUT2D eigenvalue weighted by Gasteiger charge is -2.15. The molecule has 3 aromatic rings. The number of benzene rings is 3. The maximum Gasteiger partial charge on any atom is 0.265 e. The number of nitrogens with one attached hydrogen (secondary N) is 2. The fraction of sp³-hybridized carbons (Fsp3) is 0.130. The molecule has 1 atom stereocenters. The highest BCUT2D eigenvalue weighted by atomic mass is 16.5. The SMILES string of the molecule is Cc1ccc(NC(=O)c2ccc(OC(C)C(=O)Nc3ccccc3)cc2)cc1. The molecule has 0 saturated heterocycles. The largest absolute Gasteiger partial charge is 0.481 e. The summed E-state index contributed by atoms with van der Waals surface area (Å²) in [5.41, 5.74) is 3.09. The normalized spacial score (nSPS) is 11.4. The molecular formula is C23H22N2O3. The zero-order valence-electron chi connectivity index (χ0n) is 15.8. The maximum absolute atomic E-state index is 12.3. The second-order valence-electron chi connectivity index (χ2n) is 6.46. The van der Waals surface area contributed by atoms with Gasteiger partial charge in [0.2, 0.25) is 0 Å². The zero-order valence-corrected chi connectivity index (χ0v) is 15.8. The second kappa shape index (κ2) is 8.86. The van der Waals surface area contributed by atoms with Crippen LogP contribution in [0.3, 0.4) is 0 Å². The molecule has 28 heavy (non-hydrogen) atoms. The van der Waals surface area contributed by atoms with Crippen molar-refractivity contribution in [2.45, 2.75) is 20.0 Å². The van der Waals surface area contributed by atoms with Crippen molar-refractivity contribution in [1.82, 2.24) is 0 Å². The van der Waals surface area contributed by atoms with Gasteiger partial charge in [-0.25, -0.2) is 0 Å². The van der Waals surface area contributed by atoms with Crippen molar-refractivity contribution in [2.75, 3.05) is 10.6 Å². The monoisotopic (exact) mass is 374 g/mol. The number of para-hydroxylation sites is 1. The van der Waals surface area contributed by atoms with E-state index >= 15 is 0 Å². The van der Waals surface area contributed by atoms with Gasteiger partial charge in [-0.2, -0.15) is 0 Å². The number of amides is 2. The molecule has 0 aliphatic rings. The van der Waals surface area contributed by atoms with E-state index in [1.54, 1.807) is 31.2 Å². The molecule has 2 N–H and O–H groups in total.